The molecule has 0 aliphatic rings. The highest BCUT2D eigenvalue weighted by Gasteiger charge is 2.11. The Kier molecular flexibility index (Phi) is 4.27. The molecule has 0 bridgehead atoms. The van der Waals surface area contributed by atoms with E-state index >= 15 is 0 Å². The van der Waals surface area contributed by atoms with Crippen LogP contribution >= 0.6 is 11.6 Å². The lowest BCUT2D eigenvalue weighted by Crippen LogP contribution is -2.25. The second-order valence-electron chi connectivity index (χ2n) is 4.33. The summed E-state index contributed by atoms with van der Waals surface area (Å²) < 4.78 is 1.81. The molecule has 0 fully saturated rings. The van der Waals surface area contributed by atoms with Crippen molar-refractivity contribution in [2.75, 3.05) is 12.3 Å². The van der Waals surface area contributed by atoms with Crippen molar-refractivity contribution in [1.82, 2.24) is 14.9 Å². The molecule has 0 saturated heterocycles. The molecule has 1 aromatic heterocycles. The molecule has 0 radical (unpaired) electrons. The van der Waals surface area contributed by atoms with Crippen molar-refractivity contribution in [3.8, 4) is 0 Å². The summed E-state index contributed by atoms with van der Waals surface area (Å²) >= 11 is 6.06. The van der Waals surface area contributed by atoms with Crippen molar-refractivity contribution in [2.45, 2.75) is 26.3 Å². The number of carbonyl (C=O) groups is 1. The minimum atomic E-state index is 0.0186. The zero-order valence-corrected chi connectivity index (χ0v) is 11.6. The van der Waals surface area contributed by atoms with Gasteiger partial charge in [0.15, 0.2) is 0 Å². The van der Waals surface area contributed by atoms with Gasteiger partial charge in [0.25, 0.3) is 0 Å². The number of aromatic nitrogens is 2. The number of aryl methyl sites for hydroxylation is 1. The number of nitrogens with one attached hydrogen (secondary N) is 1. The van der Waals surface area contributed by atoms with Crippen LogP contribution in [-0.2, 0) is 11.3 Å². The maximum atomic E-state index is 11.6. The fraction of sp³-hybridized carbons (Fsp3) is 0.385. The maximum absolute atomic E-state index is 11.6. The first-order valence-electron chi connectivity index (χ1n) is 6.30. The monoisotopic (exact) mass is 280 g/mol. The number of halogens is 1. The molecule has 0 saturated carbocycles. The van der Waals surface area contributed by atoms with Crippen LogP contribution in [-0.4, -0.2) is 22.0 Å². The molecular formula is C13H17ClN4O. The van der Waals surface area contributed by atoms with Crippen molar-refractivity contribution in [3.63, 3.8) is 0 Å². The number of carbonyl (C=O) groups excluding carboxylic acids is 1. The van der Waals surface area contributed by atoms with Crippen molar-refractivity contribution < 1.29 is 4.79 Å². The van der Waals surface area contributed by atoms with Crippen LogP contribution in [0.5, 0.6) is 0 Å². The number of hydrogen-bond acceptors (Lipinski definition) is 3. The Morgan fingerprint density at radius 3 is 3.05 bits per heavy atom. The number of hydrogen-bond donors (Lipinski definition) is 2. The molecule has 3 N–H and O–H groups in total. The van der Waals surface area contributed by atoms with E-state index in [1.54, 1.807) is 6.07 Å². The molecule has 1 heterocycles. The van der Waals surface area contributed by atoms with Crippen LogP contribution in [0.15, 0.2) is 18.2 Å². The summed E-state index contributed by atoms with van der Waals surface area (Å²) in [7, 11) is 0. The second-order valence-corrected chi connectivity index (χ2v) is 4.74. The molecule has 19 heavy (non-hydrogen) atoms. The zero-order valence-electron chi connectivity index (χ0n) is 10.8. The fourth-order valence-corrected chi connectivity index (χ4v) is 2.14. The normalized spacial score (nSPS) is 10.8. The maximum Gasteiger partial charge on any atom is 0.221 e. The van der Waals surface area contributed by atoms with Gasteiger partial charge in [0.05, 0.1) is 10.5 Å². The van der Waals surface area contributed by atoms with Crippen LogP contribution in [0, 0.1) is 0 Å². The minimum Gasteiger partial charge on any atom is -0.369 e. The van der Waals surface area contributed by atoms with E-state index < -0.39 is 0 Å². The highest BCUT2D eigenvalue weighted by atomic mass is 35.5. The number of nitrogens with two attached hydrogens (primary N) is 1. The largest absolute Gasteiger partial charge is 0.369 e. The first-order chi connectivity index (χ1) is 9.13. The van der Waals surface area contributed by atoms with Crippen molar-refractivity contribution in [2.24, 2.45) is 0 Å². The zero-order chi connectivity index (χ0) is 13.8. The Labute approximate surface area is 116 Å². The molecule has 6 heteroatoms. The van der Waals surface area contributed by atoms with Crippen LogP contribution in [0.3, 0.4) is 0 Å². The number of para-hydroxylation sites is 1. The standard InChI is InChI=1S/C13H17ClN4O/c1-2-7-16-11(19)6-8-18-10-5-3-4-9(14)12(10)17-13(18)15/h3-5H,2,6-8H2,1H3,(H2,15,17)(H,16,19). The quantitative estimate of drug-likeness (QED) is 0.882. The molecule has 0 aliphatic heterocycles. The highest BCUT2D eigenvalue weighted by Crippen LogP contribution is 2.24. The molecule has 1 amide bonds. The van der Waals surface area contributed by atoms with Gasteiger partial charge in [0, 0.05) is 19.5 Å². The lowest BCUT2D eigenvalue weighted by atomic mass is 10.3. The summed E-state index contributed by atoms with van der Waals surface area (Å²) in [6.45, 7) is 3.21. The molecule has 0 unspecified atom stereocenters. The first kappa shape index (κ1) is 13.7. The van der Waals surface area contributed by atoms with Gasteiger partial charge in [-0.15, -0.1) is 0 Å². The summed E-state index contributed by atoms with van der Waals surface area (Å²) in [5.41, 5.74) is 7.40. The van der Waals surface area contributed by atoms with Gasteiger partial charge < -0.3 is 15.6 Å². The topological polar surface area (TPSA) is 72.9 Å². The molecular weight excluding hydrogens is 264 g/mol. The smallest absolute Gasteiger partial charge is 0.221 e. The third-order valence-electron chi connectivity index (χ3n) is 2.89. The SMILES string of the molecule is CCCNC(=O)CCn1c(N)nc2c(Cl)cccc21. The van der Waals surface area contributed by atoms with Crippen LogP contribution in [0.2, 0.25) is 5.02 Å². The van der Waals surface area contributed by atoms with Crippen LogP contribution in [0.25, 0.3) is 11.0 Å². The van der Waals surface area contributed by atoms with Gasteiger partial charge in [-0.25, -0.2) is 4.98 Å². The van der Waals surface area contributed by atoms with E-state index in [0.717, 1.165) is 11.9 Å². The highest BCUT2D eigenvalue weighted by molar-refractivity contribution is 6.35. The summed E-state index contributed by atoms with van der Waals surface area (Å²) in [6, 6.07) is 5.52. The predicted molar refractivity (Wildman–Crippen MR) is 77.1 cm³/mol. The Balaban J connectivity index is 2.15. The van der Waals surface area contributed by atoms with E-state index in [0.29, 0.717) is 36.0 Å². The number of benzene rings is 1. The predicted octanol–water partition coefficient (Wildman–Crippen LogP) is 2.19. The number of anilines is 1. The van der Waals surface area contributed by atoms with Gasteiger partial charge in [0.1, 0.15) is 5.52 Å². The second kappa shape index (κ2) is 5.93. The van der Waals surface area contributed by atoms with Gasteiger partial charge in [-0.1, -0.05) is 24.6 Å². The van der Waals surface area contributed by atoms with E-state index in [4.69, 9.17) is 17.3 Å². The summed E-state index contributed by atoms with van der Waals surface area (Å²) in [6.07, 6.45) is 1.31. The molecule has 5 nitrogen and oxygen atoms in total. The fourth-order valence-electron chi connectivity index (χ4n) is 1.93. The Morgan fingerprint density at radius 1 is 1.53 bits per heavy atom. The van der Waals surface area contributed by atoms with E-state index in [1.165, 1.54) is 0 Å². The van der Waals surface area contributed by atoms with Crippen molar-refractivity contribution in [1.29, 1.82) is 0 Å². The third-order valence-corrected chi connectivity index (χ3v) is 3.20. The number of fused-ring (bicyclic) bond motifs is 1. The molecule has 1 aromatic carbocycles. The lowest BCUT2D eigenvalue weighted by molar-refractivity contribution is -0.121. The van der Waals surface area contributed by atoms with Gasteiger partial charge >= 0.3 is 0 Å². The van der Waals surface area contributed by atoms with E-state index in [-0.39, 0.29) is 5.91 Å². The van der Waals surface area contributed by atoms with Crippen molar-refractivity contribution >= 4 is 34.5 Å². The van der Waals surface area contributed by atoms with Crippen LogP contribution in [0.1, 0.15) is 19.8 Å². The van der Waals surface area contributed by atoms with E-state index in [2.05, 4.69) is 10.3 Å². The van der Waals surface area contributed by atoms with E-state index in [9.17, 15) is 4.79 Å². The lowest BCUT2D eigenvalue weighted by Gasteiger charge is -2.07. The molecule has 2 aromatic rings. The van der Waals surface area contributed by atoms with Gasteiger partial charge in [0.2, 0.25) is 11.9 Å². The molecule has 0 spiro atoms. The molecule has 0 atom stereocenters. The minimum absolute atomic E-state index is 0.0186. The van der Waals surface area contributed by atoms with Crippen LogP contribution < -0.4 is 11.1 Å². The number of imidazole rings is 1. The molecule has 102 valence electrons. The number of rotatable bonds is 5. The Hall–Kier alpha value is -1.75. The summed E-state index contributed by atoms with van der Waals surface area (Å²) in [5.74, 6) is 0.400. The summed E-state index contributed by atoms with van der Waals surface area (Å²) in [4.78, 5) is 15.8. The summed E-state index contributed by atoms with van der Waals surface area (Å²) in [5, 5.41) is 3.40. The Morgan fingerprint density at radius 2 is 2.32 bits per heavy atom. The number of nitrogens with zero attached hydrogens (tertiary/aromatic N) is 2. The molecule has 2 rings (SSSR count). The Bertz CT molecular complexity index is 594. The third kappa shape index (κ3) is 2.98. The van der Waals surface area contributed by atoms with Crippen LogP contribution in [0.4, 0.5) is 5.95 Å². The van der Waals surface area contributed by atoms with Gasteiger partial charge in [-0.2, -0.15) is 0 Å². The number of amides is 1. The van der Waals surface area contributed by atoms with E-state index in [1.807, 2.05) is 23.6 Å². The first-order valence-corrected chi connectivity index (χ1v) is 6.68. The van der Waals surface area contributed by atoms with Gasteiger partial charge in [-0.3, -0.25) is 4.79 Å². The average molecular weight is 281 g/mol. The average Bonchev–Trinajstić information content (AvgIpc) is 2.71. The van der Waals surface area contributed by atoms with Gasteiger partial charge in [-0.05, 0) is 18.6 Å². The molecule has 0 aliphatic carbocycles. The van der Waals surface area contributed by atoms with Crippen molar-refractivity contribution in [3.05, 3.63) is 23.2 Å². The number of nitrogen functional groups attached to an aromatic ring is 1.